The zero-order chi connectivity index (χ0) is 12.6. The van der Waals surface area contributed by atoms with Crippen LogP contribution in [0.2, 0.25) is 0 Å². The monoisotopic (exact) mass is 251 g/mol. The van der Waals surface area contributed by atoms with Gasteiger partial charge in [0.1, 0.15) is 0 Å². The standard InChI is InChI=1S/C15H25NO2/c1-18-4-2-3-16-14(17)15-8-11-5-12(9-15)7-13(6-11)10-15/h11-13H,2-10H2,1H3,(H,16,17). The van der Waals surface area contributed by atoms with E-state index in [1.54, 1.807) is 7.11 Å². The Balaban J connectivity index is 1.59. The Morgan fingerprint density at radius 1 is 1.17 bits per heavy atom. The lowest BCUT2D eigenvalue weighted by Gasteiger charge is -2.55. The summed E-state index contributed by atoms with van der Waals surface area (Å²) in [6.07, 6.45) is 8.61. The zero-order valence-corrected chi connectivity index (χ0v) is 11.4. The first-order valence-electron chi connectivity index (χ1n) is 7.49. The normalized spacial score (nSPS) is 41.1. The summed E-state index contributed by atoms with van der Waals surface area (Å²) in [6, 6.07) is 0. The largest absolute Gasteiger partial charge is 0.385 e. The maximum Gasteiger partial charge on any atom is 0.226 e. The third kappa shape index (κ3) is 2.18. The Kier molecular flexibility index (Phi) is 3.35. The number of hydrogen-bond donors (Lipinski definition) is 1. The molecule has 0 aliphatic heterocycles. The van der Waals surface area contributed by atoms with Gasteiger partial charge in [0.25, 0.3) is 0 Å². The van der Waals surface area contributed by atoms with Crippen molar-refractivity contribution in [2.24, 2.45) is 23.2 Å². The average Bonchev–Trinajstić information content (AvgIpc) is 2.32. The average molecular weight is 251 g/mol. The first-order valence-corrected chi connectivity index (χ1v) is 7.49. The molecule has 4 aliphatic carbocycles. The highest BCUT2D eigenvalue weighted by Crippen LogP contribution is 2.60. The van der Waals surface area contributed by atoms with Crippen molar-refractivity contribution >= 4 is 5.91 Å². The number of ether oxygens (including phenoxy) is 1. The zero-order valence-electron chi connectivity index (χ0n) is 11.4. The fraction of sp³-hybridized carbons (Fsp3) is 0.933. The summed E-state index contributed by atoms with van der Waals surface area (Å²) in [6.45, 7) is 1.51. The van der Waals surface area contributed by atoms with Gasteiger partial charge >= 0.3 is 0 Å². The molecule has 1 N–H and O–H groups in total. The van der Waals surface area contributed by atoms with Crippen LogP contribution in [0.3, 0.4) is 0 Å². The van der Waals surface area contributed by atoms with E-state index in [0.29, 0.717) is 5.91 Å². The second kappa shape index (κ2) is 4.84. The number of rotatable bonds is 5. The van der Waals surface area contributed by atoms with Crippen LogP contribution in [-0.2, 0) is 9.53 Å². The molecule has 0 heterocycles. The number of hydrogen-bond acceptors (Lipinski definition) is 2. The predicted octanol–water partition coefficient (Wildman–Crippen LogP) is 2.36. The van der Waals surface area contributed by atoms with Crippen LogP contribution < -0.4 is 5.32 Å². The molecule has 1 amide bonds. The van der Waals surface area contributed by atoms with Crippen LogP contribution in [0.1, 0.15) is 44.9 Å². The predicted molar refractivity (Wildman–Crippen MR) is 70.1 cm³/mol. The molecule has 0 atom stereocenters. The molecule has 4 rings (SSSR count). The number of methoxy groups -OCH3 is 1. The number of carbonyl (C=O) groups is 1. The molecule has 0 saturated heterocycles. The van der Waals surface area contributed by atoms with Gasteiger partial charge in [-0.25, -0.2) is 0 Å². The van der Waals surface area contributed by atoms with Crippen LogP contribution in [0.4, 0.5) is 0 Å². The topological polar surface area (TPSA) is 38.3 Å². The van der Waals surface area contributed by atoms with Crippen molar-refractivity contribution in [2.75, 3.05) is 20.3 Å². The molecule has 0 spiro atoms. The molecular formula is C15H25NO2. The minimum Gasteiger partial charge on any atom is -0.385 e. The van der Waals surface area contributed by atoms with Crippen molar-refractivity contribution in [1.29, 1.82) is 0 Å². The second-order valence-electron chi connectivity index (χ2n) is 6.80. The summed E-state index contributed by atoms with van der Waals surface area (Å²) < 4.78 is 5.02. The van der Waals surface area contributed by atoms with Crippen LogP contribution in [0, 0.1) is 23.2 Å². The van der Waals surface area contributed by atoms with Gasteiger partial charge in [0.2, 0.25) is 5.91 Å². The Hall–Kier alpha value is -0.570. The number of carbonyl (C=O) groups excluding carboxylic acids is 1. The Bertz CT molecular complexity index is 291. The summed E-state index contributed by atoms with van der Waals surface area (Å²) in [5.41, 5.74) is 0.0157. The molecule has 18 heavy (non-hydrogen) atoms. The van der Waals surface area contributed by atoms with Gasteiger partial charge in [-0.2, -0.15) is 0 Å². The number of amides is 1. The van der Waals surface area contributed by atoms with E-state index in [4.69, 9.17) is 4.74 Å². The summed E-state index contributed by atoms with van der Waals surface area (Å²) in [5.74, 6) is 2.89. The Morgan fingerprint density at radius 2 is 1.72 bits per heavy atom. The van der Waals surface area contributed by atoms with Crippen LogP contribution in [0.15, 0.2) is 0 Å². The van der Waals surface area contributed by atoms with Gasteiger partial charge in [-0.15, -0.1) is 0 Å². The fourth-order valence-electron chi connectivity index (χ4n) is 4.99. The summed E-state index contributed by atoms with van der Waals surface area (Å²) in [7, 11) is 1.71. The van der Waals surface area contributed by atoms with E-state index < -0.39 is 0 Å². The van der Waals surface area contributed by atoms with Crippen LogP contribution >= 0.6 is 0 Å². The highest BCUT2D eigenvalue weighted by Gasteiger charge is 2.54. The van der Waals surface area contributed by atoms with Crippen LogP contribution in [0.25, 0.3) is 0 Å². The maximum atomic E-state index is 12.5. The smallest absolute Gasteiger partial charge is 0.226 e. The molecule has 4 fully saturated rings. The summed E-state index contributed by atoms with van der Waals surface area (Å²) in [5, 5.41) is 3.16. The molecule has 0 aromatic rings. The molecule has 0 aromatic heterocycles. The van der Waals surface area contributed by atoms with E-state index in [0.717, 1.165) is 56.6 Å². The first-order chi connectivity index (χ1) is 8.72. The van der Waals surface area contributed by atoms with E-state index in [1.807, 2.05) is 0 Å². The summed E-state index contributed by atoms with van der Waals surface area (Å²) >= 11 is 0. The third-order valence-corrected chi connectivity index (χ3v) is 5.33. The van der Waals surface area contributed by atoms with Crippen LogP contribution in [-0.4, -0.2) is 26.2 Å². The lowest BCUT2D eigenvalue weighted by atomic mass is 9.49. The lowest BCUT2D eigenvalue weighted by Crippen LogP contribution is -2.53. The molecule has 3 heteroatoms. The SMILES string of the molecule is COCCCNC(=O)C12CC3CC(CC(C3)C1)C2. The molecule has 0 aromatic carbocycles. The Labute approximate surface area is 110 Å². The van der Waals surface area contributed by atoms with Gasteiger partial charge in [-0.1, -0.05) is 0 Å². The van der Waals surface area contributed by atoms with Crippen LogP contribution in [0.5, 0.6) is 0 Å². The van der Waals surface area contributed by atoms with Crippen molar-refractivity contribution in [1.82, 2.24) is 5.32 Å². The minimum absolute atomic E-state index is 0.0157. The van der Waals surface area contributed by atoms with Gasteiger partial charge in [0.05, 0.1) is 0 Å². The molecule has 102 valence electrons. The molecular weight excluding hydrogens is 226 g/mol. The van der Waals surface area contributed by atoms with Crippen molar-refractivity contribution in [2.45, 2.75) is 44.9 Å². The molecule has 3 nitrogen and oxygen atoms in total. The van der Waals surface area contributed by atoms with Crippen molar-refractivity contribution in [3.8, 4) is 0 Å². The highest BCUT2D eigenvalue weighted by atomic mass is 16.5. The van der Waals surface area contributed by atoms with Crippen molar-refractivity contribution < 1.29 is 9.53 Å². The van der Waals surface area contributed by atoms with E-state index >= 15 is 0 Å². The van der Waals surface area contributed by atoms with Gasteiger partial charge in [-0.3, -0.25) is 4.79 Å². The Morgan fingerprint density at radius 3 is 2.22 bits per heavy atom. The molecule has 4 aliphatic rings. The van der Waals surface area contributed by atoms with E-state index in [-0.39, 0.29) is 5.41 Å². The maximum absolute atomic E-state index is 12.5. The third-order valence-electron chi connectivity index (χ3n) is 5.33. The molecule has 0 unspecified atom stereocenters. The second-order valence-corrected chi connectivity index (χ2v) is 6.80. The van der Waals surface area contributed by atoms with Gasteiger partial charge < -0.3 is 10.1 Å². The fourth-order valence-corrected chi connectivity index (χ4v) is 4.99. The lowest BCUT2D eigenvalue weighted by molar-refractivity contribution is -0.146. The summed E-state index contributed by atoms with van der Waals surface area (Å²) in [4.78, 5) is 12.5. The minimum atomic E-state index is 0.0157. The quantitative estimate of drug-likeness (QED) is 0.762. The van der Waals surface area contributed by atoms with Crippen molar-refractivity contribution in [3.05, 3.63) is 0 Å². The molecule has 0 radical (unpaired) electrons. The van der Waals surface area contributed by atoms with Gasteiger partial charge in [0.15, 0.2) is 0 Å². The number of nitrogens with one attached hydrogen (secondary N) is 1. The molecule has 4 saturated carbocycles. The first kappa shape index (κ1) is 12.5. The van der Waals surface area contributed by atoms with Gasteiger partial charge in [-0.05, 0) is 62.7 Å². The van der Waals surface area contributed by atoms with E-state index in [2.05, 4.69) is 5.32 Å². The van der Waals surface area contributed by atoms with Crippen molar-refractivity contribution in [3.63, 3.8) is 0 Å². The van der Waals surface area contributed by atoms with E-state index in [1.165, 1.54) is 19.3 Å². The molecule has 4 bridgehead atoms. The highest BCUT2D eigenvalue weighted by molar-refractivity contribution is 5.83. The van der Waals surface area contributed by atoms with Gasteiger partial charge in [0, 0.05) is 25.7 Å². The van der Waals surface area contributed by atoms with E-state index in [9.17, 15) is 4.79 Å².